The number of rotatable bonds is 7. The van der Waals surface area contributed by atoms with Crippen LogP contribution in [0.1, 0.15) is 11.1 Å². The summed E-state index contributed by atoms with van der Waals surface area (Å²) in [5.41, 5.74) is -0.523. The topological polar surface area (TPSA) is 81.5 Å². The van der Waals surface area contributed by atoms with Crippen molar-refractivity contribution < 1.29 is 27.6 Å². The lowest BCUT2D eigenvalue weighted by atomic mass is 10.2. The monoisotopic (exact) mass is 400 g/mol. The first-order valence-electron chi connectivity index (χ1n) is 7.57. The second-order valence-electron chi connectivity index (χ2n) is 5.36. The number of para-hydroxylation sites is 1. The first-order chi connectivity index (χ1) is 12.7. The standard InChI is InChI=1S/C17H15F3N2O4S/c1-26-9-11-4-2-3-5-13(11)21-16(23)10-27-15-7-6-12(17(18,19)20)8-14(15)22(24)25/h2-8H,9-10H2,1H3,(H,21,23). The fraction of sp³-hybridized carbons (Fsp3) is 0.235. The average Bonchev–Trinajstić information content (AvgIpc) is 2.61. The maximum Gasteiger partial charge on any atom is 0.416 e. The molecule has 2 rings (SSSR count). The normalized spacial score (nSPS) is 11.3. The van der Waals surface area contributed by atoms with Crippen molar-refractivity contribution in [1.29, 1.82) is 0 Å². The summed E-state index contributed by atoms with van der Waals surface area (Å²) in [7, 11) is 1.51. The van der Waals surface area contributed by atoms with Gasteiger partial charge in [-0.2, -0.15) is 13.2 Å². The Morgan fingerprint density at radius 3 is 2.59 bits per heavy atom. The van der Waals surface area contributed by atoms with Crippen LogP contribution in [0.4, 0.5) is 24.5 Å². The molecule has 144 valence electrons. The quantitative estimate of drug-likeness (QED) is 0.421. The van der Waals surface area contributed by atoms with Gasteiger partial charge in [-0.3, -0.25) is 14.9 Å². The third-order valence-corrected chi connectivity index (χ3v) is 4.50. The van der Waals surface area contributed by atoms with Crippen molar-refractivity contribution in [2.75, 3.05) is 18.2 Å². The van der Waals surface area contributed by atoms with Gasteiger partial charge in [0, 0.05) is 24.4 Å². The minimum Gasteiger partial charge on any atom is -0.380 e. The van der Waals surface area contributed by atoms with E-state index < -0.39 is 28.3 Å². The van der Waals surface area contributed by atoms with Gasteiger partial charge in [-0.05, 0) is 18.2 Å². The number of thioether (sulfide) groups is 1. The summed E-state index contributed by atoms with van der Waals surface area (Å²) >= 11 is 0.789. The second-order valence-corrected chi connectivity index (χ2v) is 6.38. The molecule has 0 aliphatic rings. The van der Waals surface area contributed by atoms with Gasteiger partial charge in [-0.1, -0.05) is 18.2 Å². The third-order valence-electron chi connectivity index (χ3n) is 3.43. The number of nitrogens with one attached hydrogen (secondary N) is 1. The molecular weight excluding hydrogens is 385 g/mol. The molecule has 0 spiro atoms. The van der Waals surface area contributed by atoms with Crippen molar-refractivity contribution in [3.8, 4) is 0 Å². The Labute approximate surface area is 156 Å². The molecule has 0 bridgehead atoms. The van der Waals surface area contributed by atoms with E-state index >= 15 is 0 Å². The predicted molar refractivity (Wildman–Crippen MR) is 94.6 cm³/mol. The van der Waals surface area contributed by atoms with Gasteiger partial charge in [0.2, 0.25) is 5.91 Å². The van der Waals surface area contributed by atoms with E-state index in [9.17, 15) is 28.1 Å². The Morgan fingerprint density at radius 2 is 1.96 bits per heavy atom. The van der Waals surface area contributed by atoms with Crippen LogP contribution in [-0.4, -0.2) is 23.7 Å². The lowest BCUT2D eigenvalue weighted by molar-refractivity contribution is -0.388. The molecule has 6 nitrogen and oxygen atoms in total. The molecule has 0 saturated heterocycles. The van der Waals surface area contributed by atoms with E-state index in [4.69, 9.17) is 4.74 Å². The molecular formula is C17H15F3N2O4S. The van der Waals surface area contributed by atoms with Crippen LogP contribution in [0, 0.1) is 10.1 Å². The van der Waals surface area contributed by atoms with Crippen LogP contribution >= 0.6 is 11.8 Å². The van der Waals surface area contributed by atoms with Crippen LogP contribution < -0.4 is 5.32 Å². The Morgan fingerprint density at radius 1 is 1.26 bits per heavy atom. The molecule has 0 saturated carbocycles. The number of nitro groups is 1. The largest absolute Gasteiger partial charge is 0.416 e. The molecule has 0 aliphatic carbocycles. The number of benzene rings is 2. The average molecular weight is 400 g/mol. The minimum atomic E-state index is -4.68. The number of nitro benzene ring substituents is 1. The van der Waals surface area contributed by atoms with E-state index in [1.807, 2.05) is 0 Å². The van der Waals surface area contributed by atoms with Crippen molar-refractivity contribution in [2.24, 2.45) is 0 Å². The van der Waals surface area contributed by atoms with Gasteiger partial charge in [0.1, 0.15) is 0 Å². The van der Waals surface area contributed by atoms with Gasteiger partial charge in [-0.15, -0.1) is 11.8 Å². The maximum atomic E-state index is 12.7. The van der Waals surface area contributed by atoms with E-state index in [1.165, 1.54) is 7.11 Å². The summed E-state index contributed by atoms with van der Waals surface area (Å²) in [6.45, 7) is 0.286. The summed E-state index contributed by atoms with van der Waals surface area (Å²) in [5.74, 6) is -0.647. The van der Waals surface area contributed by atoms with Crippen LogP contribution in [-0.2, 0) is 22.3 Å². The van der Waals surface area contributed by atoms with Crippen molar-refractivity contribution in [3.05, 3.63) is 63.7 Å². The van der Waals surface area contributed by atoms with Gasteiger partial charge >= 0.3 is 6.18 Å². The zero-order valence-corrected chi connectivity index (χ0v) is 14.9. The highest BCUT2D eigenvalue weighted by Gasteiger charge is 2.33. The molecule has 27 heavy (non-hydrogen) atoms. The molecule has 0 atom stereocenters. The number of ether oxygens (including phenoxy) is 1. The summed E-state index contributed by atoms with van der Waals surface area (Å²) in [4.78, 5) is 22.3. The Bertz CT molecular complexity index is 843. The molecule has 1 amide bonds. The smallest absolute Gasteiger partial charge is 0.380 e. The zero-order valence-electron chi connectivity index (χ0n) is 14.1. The number of alkyl halides is 3. The van der Waals surface area contributed by atoms with Crippen molar-refractivity contribution in [1.82, 2.24) is 0 Å². The Hall–Kier alpha value is -2.59. The molecule has 0 aliphatic heterocycles. The Balaban J connectivity index is 2.10. The maximum absolute atomic E-state index is 12.7. The molecule has 2 aromatic rings. The number of anilines is 1. The summed E-state index contributed by atoms with van der Waals surface area (Å²) < 4.78 is 43.2. The molecule has 0 radical (unpaired) electrons. The fourth-order valence-corrected chi connectivity index (χ4v) is 3.02. The third kappa shape index (κ3) is 5.69. The summed E-state index contributed by atoms with van der Waals surface area (Å²) in [6.07, 6.45) is -4.68. The van der Waals surface area contributed by atoms with Crippen LogP contribution in [0.25, 0.3) is 0 Å². The lowest BCUT2D eigenvalue weighted by Crippen LogP contribution is -2.15. The Kier molecular flexibility index (Phi) is 6.81. The molecule has 0 fully saturated rings. The SMILES string of the molecule is COCc1ccccc1NC(=O)CSc1ccc(C(F)(F)F)cc1[N+](=O)[O-]. The van der Waals surface area contributed by atoms with Gasteiger partial charge in [0.25, 0.3) is 5.69 Å². The lowest BCUT2D eigenvalue weighted by Gasteiger charge is -2.11. The van der Waals surface area contributed by atoms with Crippen LogP contribution in [0.15, 0.2) is 47.4 Å². The molecule has 0 unspecified atom stereocenters. The molecule has 1 N–H and O–H groups in total. The minimum absolute atomic E-state index is 0.0201. The van der Waals surface area contributed by atoms with Gasteiger partial charge < -0.3 is 10.1 Å². The predicted octanol–water partition coefficient (Wildman–Crippen LogP) is 4.49. The van der Waals surface area contributed by atoms with Crippen molar-refractivity contribution >= 4 is 29.0 Å². The molecule has 2 aromatic carbocycles. The molecule has 10 heteroatoms. The van der Waals surface area contributed by atoms with E-state index in [0.717, 1.165) is 29.5 Å². The number of hydrogen-bond acceptors (Lipinski definition) is 5. The van der Waals surface area contributed by atoms with E-state index in [0.29, 0.717) is 11.8 Å². The first-order valence-corrected chi connectivity index (χ1v) is 8.56. The number of nitrogens with zero attached hydrogens (tertiary/aromatic N) is 1. The highest BCUT2D eigenvalue weighted by atomic mass is 32.2. The highest BCUT2D eigenvalue weighted by molar-refractivity contribution is 8.00. The van der Waals surface area contributed by atoms with E-state index in [1.54, 1.807) is 24.3 Å². The number of halogens is 3. The van der Waals surface area contributed by atoms with Gasteiger partial charge in [0.05, 0.1) is 27.7 Å². The number of hydrogen-bond donors (Lipinski definition) is 1. The second kappa shape index (κ2) is 8.87. The van der Waals surface area contributed by atoms with Gasteiger partial charge in [-0.25, -0.2) is 0 Å². The van der Waals surface area contributed by atoms with Crippen LogP contribution in [0.3, 0.4) is 0 Å². The van der Waals surface area contributed by atoms with Crippen molar-refractivity contribution in [2.45, 2.75) is 17.7 Å². The van der Waals surface area contributed by atoms with Gasteiger partial charge in [0.15, 0.2) is 0 Å². The highest BCUT2D eigenvalue weighted by Crippen LogP contribution is 2.36. The fourth-order valence-electron chi connectivity index (χ4n) is 2.21. The number of carbonyl (C=O) groups excluding carboxylic acids is 1. The number of amides is 1. The molecule has 0 aromatic heterocycles. The number of methoxy groups -OCH3 is 1. The van der Waals surface area contributed by atoms with E-state index in [-0.39, 0.29) is 17.3 Å². The molecule has 0 heterocycles. The van der Waals surface area contributed by atoms with Crippen molar-refractivity contribution in [3.63, 3.8) is 0 Å². The van der Waals surface area contributed by atoms with E-state index in [2.05, 4.69) is 5.32 Å². The zero-order chi connectivity index (χ0) is 20.0. The summed E-state index contributed by atoms with van der Waals surface area (Å²) in [6, 6.07) is 9.17. The van der Waals surface area contributed by atoms with Crippen LogP contribution in [0.5, 0.6) is 0 Å². The number of carbonyl (C=O) groups is 1. The van der Waals surface area contributed by atoms with Crippen LogP contribution in [0.2, 0.25) is 0 Å². The first kappa shape index (κ1) is 20.7. The summed E-state index contributed by atoms with van der Waals surface area (Å²) in [5, 5.41) is 13.7.